The van der Waals surface area contributed by atoms with Gasteiger partial charge in [0.05, 0.1) is 18.0 Å². The zero-order valence-corrected chi connectivity index (χ0v) is 7.73. The molecule has 4 heteroatoms. The fourth-order valence-corrected chi connectivity index (χ4v) is 0.931. The van der Waals surface area contributed by atoms with Crippen LogP contribution in [0.3, 0.4) is 0 Å². The zero-order valence-electron chi connectivity index (χ0n) is 7.73. The van der Waals surface area contributed by atoms with E-state index in [1.54, 1.807) is 13.2 Å². The van der Waals surface area contributed by atoms with Gasteiger partial charge in [-0.2, -0.15) is 15.0 Å². The van der Waals surface area contributed by atoms with Crippen LogP contribution in [-0.4, -0.2) is 26.2 Å². The molecule has 0 bridgehead atoms. The van der Waals surface area contributed by atoms with Crippen molar-refractivity contribution < 1.29 is 5.11 Å². The van der Waals surface area contributed by atoms with Crippen LogP contribution in [0.1, 0.15) is 19.5 Å². The van der Waals surface area contributed by atoms with Crippen molar-refractivity contribution in [3.05, 3.63) is 11.9 Å². The van der Waals surface area contributed by atoms with Gasteiger partial charge in [-0.05, 0) is 5.92 Å². The Morgan fingerprint density at radius 2 is 2.25 bits per heavy atom. The van der Waals surface area contributed by atoms with Crippen molar-refractivity contribution in [3.63, 3.8) is 0 Å². The molecule has 68 valence electrons. The predicted octanol–water partition coefficient (Wildman–Crippen LogP) is 0.375. The summed E-state index contributed by atoms with van der Waals surface area (Å²) < 4.78 is 0. The first-order chi connectivity index (χ1) is 5.59. The topological polar surface area (TPSA) is 50.9 Å². The number of hydrogen-bond acceptors (Lipinski definition) is 3. The van der Waals surface area contributed by atoms with Crippen molar-refractivity contribution in [1.29, 1.82) is 0 Å². The fourth-order valence-electron chi connectivity index (χ4n) is 0.931. The summed E-state index contributed by atoms with van der Waals surface area (Å²) in [7, 11) is 1.77. The van der Waals surface area contributed by atoms with Crippen LogP contribution < -0.4 is 0 Å². The summed E-state index contributed by atoms with van der Waals surface area (Å²) in [6.45, 7) is 3.97. The summed E-state index contributed by atoms with van der Waals surface area (Å²) in [5.74, 6) is 0.270. The van der Waals surface area contributed by atoms with Crippen LogP contribution in [0, 0.1) is 5.92 Å². The Hall–Kier alpha value is -0.900. The molecule has 0 aliphatic heterocycles. The molecule has 1 heterocycles. The Balaban J connectivity index is 2.52. The second-order valence-corrected chi connectivity index (χ2v) is 3.34. The highest BCUT2D eigenvalue weighted by Crippen LogP contribution is 2.06. The highest BCUT2D eigenvalue weighted by molar-refractivity contribution is 4.93. The van der Waals surface area contributed by atoms with Crippen LogP contribution in [0.5, 0.6) is 0 Å². The Morgan fingerprint density at radius 1 is 1.58 bits per heavy atom. The average Bonchev–Trinajstić information content (AvgIpc) is 2.35. The van der Waals surface area contributed by atoms with Crippen molar-refractivity contribution in [2.75, 3.05) is 0 Å². The molecule has 0 amide bonds. The maximum Gasteiger partial charge on any atom is 0.0852 e. The van der Waals surface area contributed by atoms with Crippen LogP contribution in [0.2, 0.25) is 0 Å². The lowest BCUT2D eigenvalue weighted by molar-refractivity contribution is 0.124. The molecule has 0 saturated carbocycles. The molecule has 0 fully saturated rings. The van der Waals surface area contributed by atoms with Gasteiger partial charge < -0.3 is 5.11 Å². The van der Waals surface area contributed by atoms with E-state index in [0.29, 0.717) is 6.42 Å². The van der Waals surface area contributed by atoms with Crippen LogP contribution in [0.25, 0.3) is 0 Å². The molecule has 1 rings (SSSR count). The van der Waals surface area contributed by atoms with Crippen LogP contribution >= 0.6 is 0 Å². The van der Waals surface area contributed by atoms with Gasteiger partial charge in [-0.25, -0.2) is 0 Å². The summed E-state index contributed by atoms with van der Waals surface area (Å²) >= 11 is 0. The van der Waals surface area contributed by atoms with Gasteiger partial charge in [0.2, 0.25) is 0 Å². The maximum absolute atomic E-state index is 9.51. The Morgan fingerprint density at radius 3 is 2.67 bits per heavy atom. The molecule has 0 spiro atoms. The van der Waals surface area contributed by atoms with E-state index in [0.717, 1.165) is 5.69 Å². The molecule has 0 aliphatic carbocycles. The number of rotatable bonds is 3. The lowest BCUT2D eigenvalue weighted by atomic mass is 10.0. The van der Waals surface area contributed by atoms with Crippen molar-refractivity contribution >= 4 is 0 Å². The summed E-state index contributed by atoms with van der Waals surface area (Å²) in [6, 6.07) is 0. The summed E-state index contributed by atoms with van der Waals surface area (Å²) in [6.07, 6.45) is 1.96. The number of aliphatic hydroxyl groups excluding tert-OH is 1. The van der Waals surface area contributed by atoms with Gasteiger partial charge >= 0.3 is 0 Å². The van der Waals surface area contributed by atoms with Gasteiger partial charge in [0, 0.05) is 13.5 Å². The third-order valence-corrected chi connectivity index (χ3v) is 1.83. The second kappa shape index (κ2) is 3.67. The molecule has 4 nitrogen and oxygen atoms in total. The minimum Gasteiger partial charge on any atom is -0.392 e. The van der Waals surface area contributed by atoms with Crippen molar-refractivity contribution in [3.8, 4) is 0 Å². The molecule has 0 aliphatic rings. The summed E-state index contributed by atoms with van der Waals surface area (Å²) in [5, 5.41) is 17.5. The molecule has 0 aromatic carbocycles. The van der Waals surface area contributed by atoms with E-state index in [9.17, 15) is 5.11 Å². The quantitative estimate of drug-likeness (QED) is 0.711. The molecule has 12 heavy (non-hydrogen) atoms. The maximum atomic E-state index is 9.51. The van der Waals surface area contributed by atoms with Crippen LogP contribution in [0.4, 0.5) is 0 Å². The monoisotopic (exact) mass is 169 g/mol. The Bertz CT molecular complexity index is 244. The first kappa shape index (κ1) is 9.19. The van der Waals surface area contributed by atoms with Gasteiger partial charge in [0.15, 0.2) is 0 Å². The lowest BCUT2D eigenvalue weighted by Gasteiger charge is -2.11. The van der Waals surface area contributed by atoms with Gasteiger partial charge in [-0.3, -0.25) is 0 Å². The molecule has 1 unspecified atom stereocenters. The van der Waals surface area contributed by atoms with Crippen LogP contribution in [0.15, 0.2) is 6.20 Å². The molecule has 1 aromatic heterocycles. The normalized spacial score (nSPS) is 13.8. The third kappa shape index (κ3) is 2.30. The highest BCUT2D eigenvalue weighted by atomic mass is 16.3. The number of aliphatic hydroxyl groups is 1. The van der Waals surface area contributed by atoms with Gasteiger partial charge in [0.1, 0.15) is 0 Å². The number of nitrogens with zero attached hydrogens (tertiary/aromatic N) is 3. The summed E-state index contributed by atoms with van der Waals surface area (Å²) in [4.78, 5) is 1.50. The number of aromatic nitrogens is 3. The van der Waals surface area contributed by atoms with Crippen molar-refractivity contribution in [2.24, 2.45) is 13.0 Å². The SMILES string of the molecule is CC(C)C(O)Cc1cnn(C)n1. The van der Waals surface area contributed by atoms with E-state index in [-0.39, 0.29) is 12.0 Å². The van der Waals surface area contributed by atoms with Crippen molar-refractivity contribution in [1.82, 2.24) is 15.0 Å². The molecular weight excluding hydrogens is 154 g/mol. The lowest BCUT2D eigenvalue weighted by Crippen LogP contribution is -2.17. The largest absolute Gasteiger partial charge is 0.392 e. The molecule has 0 radical (unpaired) electrons. The molecule has 1 N–H and O–H groups in total. The van der Waals surface area contributed by atoms with E-state index in [2.05, 4.69) is 10.2 Å². The second-order valence-electron chi connectivity index (χ2n) is 3.34. The zero-order chi connectivity index (χ0) is 9.14. The van der Waals surface area contributed by atoms with Crippen molar-refractivity contribution in [2.45, 2.75) is 26.4 Å². The third-order valence-electron chi connectivity index (χ3n) is 1.83. The first-order valence-electron chi connectivity index (χ1n) is 4.13. The van der Waals surface area contributed by atoms with Crippen LogP contribution in [-0.2, 0) is 13.5 Å². The average molecular weight is 169 g/mol. The smallest absolute Gasteiger partial charge is 0.0852 e. The molecule has 1 aromatic rings. The fraction of sp³-hybridized carbons (Fsp3) is 0.750. The Kier molecular flexibility index (Phi) is 2.81. The Labute approximate surface area is 72.2 Å². The first-order valence-corrected chi connectivity index (χ1v) is 4.13. The standard InChI is InChI=1S/C8H15N3O/c1-6(2)8(12)4-7-5-9-11(3)10-7/h5-6,8,12H,4H2,1-3H3. The molecular formula is C8H15N3O. The minimum absolute atomic E-state index is 0.270. The highest BCUT2D eigenvalue weighted by Gasteiger charge is 2.11. The number of hydrogen-bond donors (Lipinski definition) is 1. The number of aryl methyl sites for hydroxylation is 1. The van der Waals surface area contributed by atoms with Gasteiger partial charge in [-0.15, -0.1) is 0 Å². The summed E-state index contributed by atoms with van der Waals surface area (Å²) in [5.41, 5.74) is 0.846. The van der Waals surface area contributed by atoms with E-state index < -0.39 is 0 Å². The van der Waals surface area contributed by atoms with E-state index in [4.69, 9.17) is 0 Å². The van der Waals surface area contributed by atoms with E-state index in [1.807, 2.05) is 13.8 Å². The predicted molar refractivity (Wildman–Crippen MR) is 45.6 cm³/mol. The minimum atomic E-state index is -0.318. The van der Waals surface area contributed by atoms with Gasteiger partial charge in [-0.1, -0.05) is 13.8 Å². The van der Waals surface area contributed by atoms with E-state index in [1.165, 1.54) is 4.80 Å². The molecule has 0 saturated heterocycles. The van der Waals surface area contributed by atoms with Gasteiger partial charge in [0.25, 0.3) is 0 Å². The molecule has 1 atom stereocenters. The van der Waals surface area contributed by atoms with E-state index >= 15 is 0 Å².